The lowest BCUT2D eigenvalue weighted by atomic mass is 9.90. The molecule has 11 aromatic carbocycles. The summed E-state index contributed by atoms with van der Waals surface area (Å²) in [7, 11) is 0. The summed E-state index contributed by atoms with van der Waals surface area (Å²) in [6.45, 7) is 2.07. The van der Waals surface area contributed by atoms with Gasteiger partial charge < -0.3 is 13.7 Å². The van der Waals surface area contributed by atoms with E-state index in [1.165, 1.54) is 12.1 Å². The van der Waals surface area contributed by atoms with Crippen LogP contribution in [0.1, 0.15) is 11.1 Å². The van der Waals surface area contributed by atoms with Crippen LogP contribution in [0.15, 0.2) is 261 Å². The van der Waals surface area contributed by atoms with Crippen molar-refractivity contribution in [2.75, 3.05) is 0 Å². The lowest BCUT2D eigenvalue weighted by molar-refractivity contribution is -0.137. The first-order valence-corrected chi connectivity index (χ1v) is 26.7. The Morgan fingerprint density at radius 2 is 0.725 bits per heavy atom. The van der Waals surface area contributed by atoms with E-state index in [1.807, 2.05) is 78.9 Å². The molecule has 4 heterocycles. The van der Waals surface area contributed by atoms with Crippen molar-refractivity contribution in [3.05, 3.63) is 272 Å². The number of aryl methyl sites for hydroxylation is 1. The van der Waals surface area contributed by atoms with E-state index >= 15 is 13.2 Å². The molecule has 80 heavy (non-hydrogen) atoms. The van der Waals surface area contributed by atoms with Crippen LogP contribution in [0.2, 0.25) is 0 Å². The maximum atomic E-state index is 15.1. The molecule has 15 rings (SSSR count). The molecule has 5 nitrogen and oxygen atoms in total. The molecule has 0 aliphatic carbocycles. The highest BCUT2D eigenvalue weighted by Crippen LogP contribution is 2.47. The minimum absolute atomic E-state index is 0.407. The molecule has 8 heteroatoms. The molecule has 0 amide bonds. The van der Waals surface area contributed by atoms with Crippen molar-refractivity contribution in [3.8, 4) is 73.2 Å². The highest BCUT2D eigenvalue weighted by molar-refractivity contribution is 6.15. The van der Waals surface area contributed by atoms with Crippen LogP contribution >= 0.6 is 0 Å². The van der Waals surface area contributed by atoms with Gasteiger partial charge in [-0.2, -0.15) is 13.2 Å². The van der Waals surface area contributed by atoms with Crippen molar-refractivity contribution < 1.29 is 13.2 Å². The fourth-order valence-electron chi connectivity index (χ4n) is 12.1. The molecule has 0 aliphatic rings. The van der Waals surface area contributed by atoms with Crippen LogP contribution in [0, 0.1) is 6.92 Å². The number of nitrogens with zero attached hydrogens (tertiary/aromatic N) is 5. The molecule has 0 saturated carbocycles. The molecule has 0 spiro atoms. The predicted molar refractivity (Wildman–Crippen MR) is 322 cm³/mol. The van der Waals surface area contributed by atoms with Gasteiger partial charge in [-0.05, 0) is 109 Å². The molecule has 4 aromatic heterocycles. The SMILES string of the molecule is Cc1cccc(-c2cc(-c3cc(-c4ccccc4)nc(-c4ccccc4)n3)cc(-c3cccc(C(F)(F)F)c3)c2-n2c3ccc(-n4c5ccccc5c5ccccc54)cc3c3cc(-n4c5ccccc5c5ccccc54)ccc32)c1. The van der Waals surface area contributed by atoms with Gasteiger partial charge in [-0.1, -0.05) is 175 Å². The van der Waals surface area contributed by atoms with E-state index < -0.39 is 11.7 Å². The average molecular weight is 1040 g/mol. The van der Waals surface area contributed by atoms with Gasteiger partial charge in [-0.15, -0.1) is 0 Å². The van der Waals surface area contributed by atoms with E-state index in [-0.39, 0.29) is 0 Å². The molecule has 0 atom stereocenters. The second-order valence-corrected chi connectivity index (χ2v) is 20.5. The topological polar surface area (TPSA) is 40.6 Å². The fraction of sp³-hybridized carbons (Fsp3) is 0.0278. The number of aromatic nitrogens is 5. The molecule has 0 unspecified atom stereocenters. The van der Waals surface area contributed by atoms with Gasteiger partial charge in [0.25, 0.3) is 0 Å². The van der Waals surface area contributed by atoms with Crippen LogP contribution < -0.4 is 0 Å². The molecule has 0 radical (unpaired) electrons. The number of hydrogen-bond acceptors (Lipinski definition) is 2. The maximum Gasteiger partial charge on any atom is 0.416 e. The van der Waals surface area contributed by atoms with Crippen LogP contribution in [-0.4, -0.2) is 23.7 Å². The highest BCUT2D eigenvalue weighted by Gasteiger charge is 2.32. The molecule has 0 fully saturated rings. The summed E-state index contributed by atoms with van der Waals surface area (Å²) in [4.78, 5) is 10.4. The Balaban J connectivity index is 1.08. The molecule has 15 aromatic rings. The van der Waals surface area contributed by atoms with E-state index in [2.05, 4.69) is 178 Å². The number of hydrogen-bond donors (Lipinski definition) is 0. The van der Waals surface area contributed by atoms with E-state index in [9.17, 15) is 0 Å². The first kappa shape index (κ1) is 46.9. The van der Waals surface area contributed by atoms with Crippen LogP contribution in [-0.2, 0) is 6.18 Å². The van der Waals surface area contributed by atoms with Crippen molar-refractivity contribution in [3.63, 3.8) is 0 Å². The zero-order chi connectivity index (χ0) is 53.6. The summed E-state index contributed by atoms with van der Waals surface area (Å²) in [5.74, 6) is 0.532. The van der Waals surface area contributed by atoms with E-state index in [0.717, 1.165) is 128 Å². The highest BCUT2D eigenvalue weighted by atomic mass is 19.4. The minimum Gasteiger partial charge on any atom is -0.309 e. The Bertz CT molecular complexity index is 4610. The molecule has 0 saturated heterocycles. The summed E-state index contributed by atoms with van der Waals surface area (Å²) in [5.41, 5.74) is 15.6. The smallest absolute Gasteiger partial charge is 0.309 e. The summed E-state index contributed by atoms with van der Waals surface area (Å²) >= 11 is 0. The fourth-order valence-corrected chi connectivity index (χ4v) is 12.1. The van der Waals surface area contributed by atoms with Crippen molar-refractivity contribution in [1.82, 2.24) is 23.7 Å². The third-order valence-electron chi connectivity index (χ3n) is 15.7. The maximum absolute atomic E-state index is 15.1. The van der Waals surface area contributed by atoms with Crippen molar-refractivity contribution in [1.29, 1.82) is 0 Å². The number of rotatable bonds is 8. The van der Waals surface area contributed by atoms with Crippen LogP contribution in [0.5, 0.6) is 0 Å². The molecular formula is C72H46F3N5. The Morgan fingerprint density at radius 3 is 1.21 bits per heavy atom. The molecular weight excluding hydrogens is 992 g/mol. The van der Waals surface area contributed by atoms with Crippen LogP contribution in [0.3, 0.4) is 0 Å². The summed E-state index contributed by atoms with van der Waals surface area (Å²) in [5, 5.41) is 6.58. The second kappa shape index (κ2) is 18.4. The number of halogens is 3. The molecule has 380 valence electrons. The first-order valence-electron chi connectivity index (χ1n) is 26.7. The van der Waals surface area contributed by atoms with Gasteiger partial charge in [0.2, 0.25) is 0 Å². The van der Waals surface area contributed by atoms with Crippen molar-refractivity contribution in [2.24, 2.45) is 0 Å². The molecule has 0 bridgehead atoms. The second-order valence-electron chi connectivity index (χ2n) is 20.5. The number of benzene rings is 11. The Hall–Kier alpha value is -10.3. The molecule has 0 aliphatic heterocycles. The Morgan fingerprint density at radius 1 is 0.312 bits per heavy atom. The Kier molecular flexibility index (Phi) is 10.8. The van der Waals surface area contributed by atoms with Gasteiger partial charge in [-0.25, -0.2) is 9.97 Å². The van der Waals surface area contributed by atoms with Gasteiger partial charge in [-0.3, -0.25) is 0 Å². The zero-order valence-electron chi connectivity index (χ0n) is 43.2. The van der Waals surface area contributed by atoms with E-state index in [4.69, 9.17) is 9.97 Å². The monoisotopic (exact) mass is 1040 g/mol. The normalized spacial score (nSPS) is 12.0. The summed E-state index contributed by atoms with van der Waals surface area (Å²) < 4.78 is 52.2. The van der Waals surface area contributed by atoms with Gasteiger partial charge in [0, 0.05) is 71.5 Å². The predicted octanol–water partition coefficient (Wildman–Crippen LogP) is 19.4. The standard InChI is InChI=1S/C72H46F3N5/c1-45-18-16-23-48(38-45)58-40-50(63-44-62(46-19-4-2-5-20-46)76-71(77-63)47-21-6-3-7-22-47)41-59(49-24-17-25-51(39-49)72(73,74)75)70(58)80-68-36-34-52(78-64-30-12-8-26-54(64)55-27-9-13-31-65(55)78)42-60(68)61-43-53(35-37-69(61)80)79-66-32-14-10-28-56(66)57-29-11-15-33-67(57)79/h2-44H,1H3. The number of fused-ring (bicyclic) bond motifs is 9. The number of alkyl halides is 3. The Labute approximate surface area is 458 Å². The largest absolute Gasteiger partial charge is 0.416 e. The van der Waals surface area contributed by atoms with Crippen LogP contribution in [0.4, 0.5) is 13.2 Å². The van der Waals surface area contributed by atoms with Crippen molar-refractivity contribution >= 4 is 65.4 Å². The van der Waals surface area contributed by atoms with Gasteiger partial charge in [0.05, 0.1) is 55.7 Å². The van der Waals surface area contributed by atoms with Gasteiger partial charge in [0.15, 0.2) is 5.82 Å². The van der Waals surface area contributed by atoms with Crippen molar-refractivity contribution in [2.45, 2.75) is 13.1 Å². The minimum atomic E-state index is -4.60. The lowest BCUT2D eigenvalue weighted by Gasteiger charge is -2.22. The zero-order valence-corrected chi connectivity index (χ0v) is 43.2. The van der Waals surface area contributed by atoms with Gasteiger partial charge >= 0.3 is 6.18 Å². The van der Waals surface area contributed by atoms with E-state index in [0.29, 0.717) is 22.6 Å². The summed E-state index contributed by atoms with van der Waals surface area (Å²) in [6, 6.07) is 87.4. The number of para-hydroxylation sites is 4. The van der Waals surface area contributed by atoms with Crippen LogP contribution in [0.25, 0.3) is 139 Å². The third-order valence-corrected chi connectivity index (χ3v) is 15.7. The third kappa shape index (κ3) is 7.70. The molecule has 0 N–H and O–H groups in total. The van der Waals surface area contributed by atoms with E-state index in [1.54, 1.807) is 6.07 Å². The average Bonchev–Trinajstić information content (AvgIpc) is 4.35. The quantitative estimate of drug-likeness (QED) is 0.152. The first-order chi connectivity index (χ1) is 39.2. The summed E-state index contributed by atoms with van der Waals surface area (Å²) in [6.07, 6.45) is -4.60. The van der Waals surface area contributed by atoms with Gasteiger partial charge in [0.1, 0.15) is 0 Å². The lowest BCUT2D eigenvalue weighted by Crippen LogP contribution is -2.06.